The lowest BCUT2D eigenvalue weighted by Crippen LogP contribution is -2.38. The number of urea groups is 1. The van der Waals surface area contributed by atoms with Crippen molar-refractivity contribution >= 4 is 32.5 Å². The van der Waals surface area contributed by atoms with Crippen LogP contribution in [0.1, 0.15) is 11.1 Å². The van der Waals surface area contributed by atoms with Crippen molar-refractivity contribution in [2.75, 3.05) is 18.1 Å². The van der Waals surface area contributed by atoms with Crippen molar-refractivity contribution in [1.29, 1.82) is 0 Å². The number of sulfone groups is 1. The van der Waals surface area contributed by atoms with E-state index in [0.29, 0.717) is 18.0 Å². The van der Waals surface area contributed by atoms with Crippen LogP contribution in [0.5, 0.6) is 0 Å². The molecule has 6 nitrogen and oxygen atoms in total. The van der Waals surface area contributed by atoms with Gasteiger partial charge >= 0.3 is 6.03 Å². The second-order valence-corrected chi connectivity index (χ2v) is 10.1. The zero-order valence-electron chi connectivity index (χ0n) is 17.6. The number of fused-ring (bicyclic) bond motifs is 2. The number of hydrogen-bond donors (Lipinski definition) is 2. The van der Waals surface area contributed by atoms with Crippen LogP contribution in [0, 0.1) is 0 Å². The predicted octanol–water partition coefficient (Wildman–Crippen LogP) is 4.83. The lowest BCUT2D eigenvalue weighted by Gasteiger charge is -2.29. The van der Waals surface area contributed by atoms with Crippen molar-refractivity contribution < 1.29 is 13.2 Å². The molecule has 1 aromatic heterocycles. The van der Waals surface area contributed by atoms with Crippen LogP contribution in [-0.2, 0) is 22.8 Å². The molecule has 4 aromatic rings. The normalized spacial score (nSPS) is 13.7. The summed E-state index contributed by atoms with van der Waals surface area (Å²) in [5.41, 5.74) is 5.90. The van der Waals surface area contributed by atoms with Gasteiger partial charge in [-0.25, -0.2) is 13.2 Å². The van der Waals surface area contributed by atoms with Gasteiger partial charge in [0.2, 0.25) is 0 Å². The van der Waals surface area contributed by atoms with E-state index in [2.05, 4.69) is 16.4 Å². The third kappa shape index (κ3) is 3.87. The monoisotopic (exact) mass is 445 g/mol. The molecule has 2 amide bonds. The average molecular weight is 446 g/mol. The first-order valence-electron chi connectivity index (χ1n) is 10.4. The van der Waals surface area contributed by atoms with E-state index in [4.69, 9.17) is 0 Å². The maximum Gasteiger partial charge on any atom is 0.322 e. The molecule has 0 aliphatic carbocycles. The van der Waals surface area contributed by atoms with Gasteiger partial charge in [0, 0.05) is 36.4 Å². The Bertz CT molecular complexity index is 1440. The lowest BCUT2D eigenvalue weighted by molar-refractivity contribution is 0.206. The molecular weight excluding hydrogens is 422 g/mol. The summed E-state index contributed by atoms with van der Waals surface area (Å²) in [6.07, 6.45) is 3.78. The molecule has 2 N–H and O–H groups in total. The molecule has 5 rings (SSSR count). The summed E-state index contributed by atoms with van der Waals surface area (Å²) in [5.74, 6) is 0. The molecule has 0 spiro atoms. The SMILES string of the molecule is CS(=O)(=O)c1cccc(-c2ccc3c(c2)CCN(C(=O)Nc2c[nH]c4ccccc24)C3)c1. The third-order valence-corrected chi connectivity index (χ3v) is 7.04. The Hall–Kier alpha value is -3.58. The van der Waals surface area contributed by atoms with Crippen LogP contribution in [0.3, 0.4) is 0 Å². The van der Waals surface area contributed by atoms with Crippen LogP contribution in [-0.4, -0.2) is 37.1 Å². The Morgan fingerprint density at radius 2 is 1.78 bits per heavy atom. The smallest absolute Gasteiger partial charge is 0.322 e. The van der Waals surface area contributed by atoms with Gasteiger partial charge in [-0.1, -0.05) is 48.5 Å². The highest BCUT2D eigenvalue weighted by atomic mass is 32.2. The van der Waals surface area contributed by atoms with E-state index in [0.717, 1.165) is 39.7 Å². The van der Waals surface area contributed by atoms with Crippen LogP contribution in [0.25, 0.3) is 22.0 Å². The van der Waals surface area contributed by atoms with E-state index >= 15 is 0 Å². The molecule has 3 aromatic carbocycles. The average Bonchev–Trinajstić information content (AvgIpc) is 3.20. The molecule has 32 heavy (non-hydrogen) atoms. The second-order valence-electron chi connectivity index (χ2n) is 8.13. The second kappa shape index (κ2) is 7.84. The molecule has 162 valence electrons. The summed E-state index contributed by atoms with van der Waals surface area (Å²) in [6.45, 7) is 1.15. The van der Waals surface area contributed by atoms with E-state index in [1.807, 2.05) is 53.6 Å². The van der Waals surface area contributed by atoms with E-state index < -0.39 is 9.84 Å². The Balaban J connectivity index is 1.34. The molecule has 0 fully saturated rings. The van der Waals surface area contributed by atoms with Gasteiger partial charge in [0.15, 0.2) is 9.84 Å². The molecule has 0 saturated heterocycles. The van der Waals surface area contributed by atoms with Crippen molar-refractivity contribution in [1.82, 2.24) is 9.88 Å². The molecular formula is C25H23N3O3S. The molecule has 0 atom stereocenters. The molecule has 7 heteroatoms. The number of para-hydroxylation sites is 1. The number of carbonyl (C=O) groups is 1. The van der Waals surface area contributed by atoms with E-state index in [9.17, 15) is 13.2 Å². The fourth-order valence-electron chi connectivity index (χ4n) is 4.18. The molecule has 1 aliphatic rings. The number of rotatable bonds is 3. The minimum Gasteiger partial charge on any atom is -0.359 e. The highest BCUT2D eigenvalue weighted by molar-refractivity contribution is 7.90. The number of aromatic amines is 1. The Morgan fingerprint density at radius 1 is 0.969 bits per heavy atom. The van der Waals surface area contributed by atoms with Gasteiger partial charge in [0.25, 0.3) is 0 Å². The number of carbonyl (C=O) groups excluding carboxylic acids is 1. The number of anilines is 1. The maximum atomic E-state index is 12.9. The minimum atomic E-state index is -3.26. The van der Waals surface area contributed by atoms with Gasteiger partial charge in [-0.2, -0.15) is 0 Å². The number of H-pyrrole nitrogens is 1. The molecule has 1 aliphatic heterocycles. The Morgan fingerprint density at radius 3 is 2.62 bits per heavy atom. The number of aromatic nitrogens is 1. The molecule has 0 unspecified atom stereocenters. The quantitative estimate of drug-likeness (QED) is 0.474. The fraction of sp³-hybridized carbons (Fsp3) is 0.160. The molecule has 2 heterocycles. The van der Waals surface area contributed by atoms with Crippen molar-refractivity contribution in [3.63, 3.8) is 0 Å². The summed E-state index contributed by atoms with van der Waals surface area (Å²) in [4.78, 5) is 18.2. The van der Waals surface area contributed by atoms with Crippen molar-refractivity contribution in [3.05, 3.63) is 84.1 Å². The Kier molecular flexibility index (Phi) is 4.98. The third-order valence-electron chi connectivity index (χ3n) is 5.93. The molecule has 0 radical (unpaired) electrons. The van der Waals surface area contributed by atoms with Crippen LogP contribution in [0.4, 0.5) is 10.5 Å². The van der Waals surface area contributed by atoms with Crippen LogP contribution in [0.15, 0.2) is 77.8 Å². The zero-order chi connectivity index (χ0) is 22.3. The Labute approximate surface area is 186 Å². The number of nitrogens with zero attached hydrogens (tertiary/aromatic N) is 1. The van der Waals surface area contributed by atoms with Gasteiger partial charge in [-0.05, 0) is 46.9 Å². The summed E-state index contributed by atoms with van der Waals surface area (Å²) in [7, 11) is -3.26. The lowest BCUT2D eigenvalue weighted by atomic mass is 9.95. The number of amides is 2. The van der Waals surface area contributed by atoms with Gasteiger partial charge in [0.1, 0.15) is 0 Å². The fourth-order valence-corrected chi connectivity index (χ4v) is 4.85. The van der Waals surface area contributed by atoms with Crippen LogP contribution >= 0.6 is 0 Å². The first kappa shape index (κ1) is 20.3. The van der Waals surface area contributed by atoms with Crippen molar-refractivity contribution in [2.24, 2.45) is 0 Å². The van der Waals surface area contributed by atoms with Crippen molar-refractivity contribution in [3.8, 4) is 11.1 Å². The van der Waals surface area contributed by atoms with E-state index in [1.54, 1.807) is 18.2 Å². The summed E-state index contributed by atoms with van der Waals surface area (Å²) < 4.78 is 23.8. The summed E-state index contributed by atoms with van der Waals surface area (Å²) in [6, 6.07) is 20.9. The molecule has 0 bridgehead atoms. The van der Waals surface area contributed by atoms with Crippen LogP contribution < -0.4 is 5.32 Å². The minimum absolute atomic E-state index is 0.120. The van der Waals surface area contributed by atoms with E-state index in [-0.39, 0.29) is 6.03 Å². The van der Waals surface area contributed by atoms with Gasteiger partial charge in [-0.3, -0.25) is 0 Å². The number of benzene rings is 3. The van der Waals surface area contributed by atoms with Gasteiger partial charge in [0.05, 0.1) is 10.6 Å². The van der Waals surface area contributed by atoms with E-state index in [1.165, 1.54) is 11.8 Å². The number of nitrogens with one attached hydrogen (secondary N) is 2. The standard InChI is InChI=1S/C25H23N3O3S/c1-32(30,31)21-6-4-5-17(14-21)18-9-10-20-16-28(12-11-19(20)13-18)25(29)27-24-15-26-23-8-3-2-7-22(23)24/h2-10,13-15,26H,11-12,16H2,1H3,(H,27,29). The molecule has 0 saturated carbocycles. The maximum absolute atomic E-state index is 12.9. The summed E-state index contributed by atoms with van der Waals surface area (Å²) in [5, 5.41) is 4.01. The first-order chi connectivity index (χ1) is 15.4. The van der Waals surface area contributed by atoms with Gasteiger partial charge in [-0.15, -0.1) is 0 Å². The highest BCUT2D eigenvalue weighted by Crippen LogP contribution is 2.29. The number of hydrogen-bond acceptors (Lipinski definition) is 3. The first-order valence-corrected chi connectivity index (χ1v) is 12.3. The van der Waals surface area contributed by atoms with Gasteiger partial charge < -0.3 is 15.2 Å². The largest absolute Gasteiger partial charge is 0.359 e. The summed E-state index contributed by atoms with van der Waals surface area (Å²) >= 11 is 0. The van der Waals surface area contributed by atoms with Crippen LogP contribution in [0.2, 0.25) is 0 Å². The predicted molar refractivity (Wildman–Crippen MR) is 126 cm³/mol. The van der Waals surface area contributed by atoms with Crippen molar-refractivity contribution in [2.45, 2.75) is 17.9 Å². The topological polar surface area (TPSA) is 82.3 Å². The highest BCUT2D eigenvalue weighted by Gasteiger charge is 2.22. The zero-order valence-corrected chi connectivity index (χ0v) is 18.4.